The summed E-state index contributed by atoms with van der Waals surface area (Å²) in [5.41, 5.74) is 6.72. The first-order chi connectivity index (χ1) is 8.62. The molecule has 0 aromatic heterocycles. The van der Waals surface area contributed by atoms with Crippen LogP contribution in [-0.4, -0.2) is 24.2 Å². The standard InChI is InChI=1S/C13H21N3O2/c1-4-12(13(14)16-17)15-9(2)10-6-5-7-11(8-10)18-3/h5-9,12,15,17H,4H2,1-3H3,(H2,14,16)/t9-,12?/m1/s1. The fourth-order valence-corrected chi connectivity index (χ4v) is 1.79. The molecule has 1 rings (SSSR count). The van der Waals surface area contributed by atoms with E-state index >= 15 is 0 Å². The number of nitrogens with one attached hydrogen (secondary N) is 1. The van der Waals surface area contributed by atoms with Gasteiger partial charge in [0.05, 0.1) is 13.2 Å². The predicted octanol–water partition coefficient (Wildman–Crippen LogP) is 1.87. The average molecular weight is 251 g/mol. The highest BCUT2D eigenvalue weighted by atomic mass is 16.5. The van der Waals surface area contributed by atoms with Crippen molar-refractivity contribution >= 4 is 5.84 Å². The number of benzene rings is 1. The molecule has 5 nitrogen and oxygen atoms in total. The molecule has 0 aliphatic rings. The Bertz CT molecular complexity index is 407. The highest BCUT2D eigenvalue weighted by Gasteiger charge is 2.15. The Morgan fingerprint density at radius 1 is 1.56 bits per heavy atom. The summed E-state index contributed by atoms with van der Waals surface area (Å²) in [7, 11) is 1.64. The van der Waals surface area contributed by atoms with Gasteiger partial charge in [-0.15, -0.1) is 0 Å². The molecule has 0 heterocycles. The van der Waals surface area contributed by atoms with Crippen LogP contribution in [0.1, 0.15) is 31.9 Å². The summed E-state index contributed by atoms with van der Waals surface area (Å²) < 4.78 is 5.19. The highest BCUT2D eigenvalue weighted by molar-refractivity contribution is 5.85. The van der Waals surface area contributed by atoms with Crippen LogP contribution in [0.25, 0.3) is 0 Å². The van der Waals surface area contributed by atoms with Crippen molar-refractivity contribution in [1.29, 1.82) is 0 Å². The molecule has 18 heavy (non-hydrogen) atoms. The minimum atomic E-state index is -0.142. The van der Waals surface area contributed by atoms with Gasteiger partial charge in [-0.1, -0.05) is 24.2 Å². The van der Waals surface area contributed by atoms with E-state index in [9.17, 15) is 0 Å². The van der Waals surface area contributed by atoms with Gasteiger partial charge < -0.3 is 21.0 Å². The molecule has 0 aliphatic heterocycles. The first-order valence-electron chi connectivity index (χ1n) is 5.99. The third kappa shape index (κ3) is 3.63. The van der Waals surface area contributed by atoms with Crippen LogP contribution in [0.5, 0.6) is 5.75 Å². The zero-order chi connectivity index (χ0) is 13.5. The molecule has 1 aromatic rings. The van der Waals surface area contributed by atoms with Crippen molar-refractivity contribution in [1.82, 2.24) is 5.32 Å². The summed E-state index contributed by atoms with van der Waals surface area (Å²) in [6.45, 7) is 4.01. The third-order valence-electron chi connectivity index (χ3n) is 2.93. The number of amidine groups is 1. The van der Waals surface area contributed by atoms with Gasteiger partial charge in [0.15, 0.2) is 5.84 Å². The van der Waals surface area contributed by atoms with Crippen LogP contribution >= 0.6 is 0 Å². The average Bonchev–Trinajstić information content (AvgIpc) is 2.43. The third-order valence-corrected chi connectivity index (χ3v) is 2.93. The van der Waals surface area contributed by atoms with Crippen LogP contribution in [0.3, 0.4) is 0 Å². The molecule has 0 radical (unpaired) electrons. The van der Waals surface area contributed by atoms with Gasteiger partial charge in [0.25, 0.3) is 0 Å². The van der Waals surface area contributed by atoms with Crippen molar-refractivity contribution in [2.75, 3.05) is 7.11 Å². The number of nitrogens with zero attached hydrogens (tertiary/aromatic N) is 1. The van der Waals surface area contributed by atoms with Gasteiger partial charge in [-0.05, 0) is 31.0 Å². The first kappa shape index (κ1) is 14.3. The van der Waals surface area contributed by atoms with Gasteiger partial charge in [-0.25, -0.2) is 0 Å². The lowest BCUT2D eigenvalue weighted by molar-refractivity contribution is 0.313. The number of hydrogen-bond donors (Lipinski definition) is 3. The molecule has 2 atom stereocenters. The minimum Gasteiger partial charge on any atom is -0.497 e. The van der Waals surface area contributed by atoms with Crippen LogP contribution < -0.4 is 15.8 Å². The smallest absolute Gasteiger partial charge is 0.156 e. The Morgan fingerprint density at radius 3 is 2.83 bits per heavy atom. The van der Waals surface area contributed by atoms with Crippen LogP contribution in [-0.2, 0) is 0 Å². The number of hydrogen-bond acceptors (Lipinski definition) is 4. The molecule has 0 saturated heterocycles. The molecule has 0 saturated carbocycles. The van der Waals surface area contributed by atoms with Gasteiger partial charge in [-0.3, -0.25) is 0 Å². The summed E-state index contributed by atoms with van der Waals surface area (Å²) in [4.78, 5) is 0. The van der Waals surface area contributed by atoms with E-state index in [1.165, 1.54) is 0 Å². The first-order valence-corrected chi connectivity index (χ1v) is 5.99. The quantitative estimate of drug-likeness (QED) is 0.312. The van der Waals surface area contributed by atoms with Gasteiger partial charge >= 0.3 is 0 Å². The van der Waals surface area contributed by atoms with Crippen molar-refractivity contribution in [3.8, 4) is 5.75 Å². The summed E-state index contributed by atoms with van der Waals surface area (Å²) in [5, 5.41) is 15.1. The molecule has 5 heteroatoms. The molecule has 1 aromatic carbocycles. The lowest BCUT2D eigenvalue weighted by atomic mass is 10.1. The molecule has 4 N–H and O–H groups in total. The number of rotatable bonds is 6. The summed E-state index contributed by atoms with van der Waals surface area (Å²) in [5.74, 6) is 1.02. The maximum atomic E-state index is 8.70. The van der Waals surface area contributed by atoms with Crippen molar-refractivity contribution in [2.24, 2.45) is 10.9 Å². The number of ether oxygens (including phenoxy) is 1. The SMILES string of the molecule is CCC(N[C@H](C)c1cccc(OC)c1)/C(N)=N/O. The molecule has 0 spiro atoms. The monoisotopic (exact) mass is 251 g/mol. The van der Waals surface area contributed by atoms with Crippen LogP contribution in [0.15, 0.2) is 29.4 Å². The molecular weight excluding hydrogens is 230 g/mol. The van der Waals surface area contributed by atoms with Crippen LogP contribution in [0, 0.1) is 0 Å². The number of nitrogens with two attached hydrogens (primary N) is 1. The number of oxime groups is 1. The summed E-state index contributed by atoms with van der Waals surface area (Å²) >= 11 is 0. The second kappa shape index (κ2) is 6.86. The topological polar surface area (TPSA) is 79.9 Å². The highest BCUT2D eigenvalue weighted by Crippen LogP contribution is 2.19. The summed E-state index contributed by atoms with van der Waals surface area (Å²) in [6, 6.07) is 7.77. The van der Waals surface area contributed by atoms with E-state index in [4.69, 9.17) is 15.7 Å². The van der Waals surface area contributed by atoms with Crippen molar-refractivity contribution in [3.05, 3.63) is 29.8 Å². The fraction of sp³-hybridized carbons (Fsp3) is 0.462. The number of methoxy groups -OCH3 is 1. The maximum absolute atomic E-state index is 8.70. The van der Waals surface area contributed by atoms with E-state index in [0.29, 0.717) is 0 Å². The zero-order valence-corrected chi connectivity index (χ0v) is 11.1. The Kier molecular flexibility index (Phi) is 5.45. The fourth-order valence-electron chi connectivity index (χ4n) is 1.79. The van der Waals surface area contributed by atoms with Crippen LogP contribution in [0.2, 0.25) is 0 Å². The van der Waals surface area contributed by atoms with E-state index < -0.39 is 0 Å². The van der Waals surface area contributed by atoms with E-state index in [1.54, 1.807) is 7.11 Å². The summed E-state index contributed by atoms with van der Waals surface area (Å²) in [6.07, 6.45) is 0.754. The molecule has 0 bridgehead atoms. The van der Waals surface area contributed by atoms with Gasteiger partial charge in [0, 0.05) is 6.04 Å². The molecule has 0 fully saturated rings. The second-order valence-electron chi connectivity index (χ2n) is 4.15. The van der Waals surface area contributed by atoms with Crippen LogP contribution in [0.4, 0.5) is 0 Å². The van der Waals surface area contributed by atoms with E-state index in [1.807, 2.05) is 38.1 Å². The molecule has 0 amide bonds. The zero-order valence-electron chi connectivity index (χ0n) is 11.1. The molecular formula is C13H21N3O2. The van der Waals surface area contributed by atoms with Gasteiger partial charge in [-0.2, -0.15) is 0 Å². The van der Waals surface area contributed by atoms with Gasteiger partial charge in [0.2, 0.25) is 0 Å². The second-order valence-corrected chi connectivity index (χ2v) is 4.15. The van der Waals surface area contributed by atoms with Crippen molar-refractivity contribution in [2.45, 2.75) is 32.4 Å². The lowest BCUT2D eigenvalue weighted by Crippen LogP contribution is -2.42. The van der Waals surface area contributed by atoms with E-state index in [2.05, 4.69) is 10.5 Å². The predicted molar refractivity (Wildman–Crippen MR) is 72.0 cm³/mol. The van der Waals surface area contributed by atoms with E-state index in [0.717, 1.165) is 17.7 Å². The minimum absolute atomic E-state index is 0.0883. The Labute approximate surface area is 108 Å². The van der Waals surface area contributed by atoms with Gasteiger partial charge in [0.1, 0.15) is 5.75 Å². The largest absolute Gasteiger partial charge is 0.497 e. The Hall–Kier alpha value is -1.75. The molecule has 1 unspecified atom stereocenters. The molecule has 100 valence electrons. The Morgan fingerprint density at radius 2 is 2.28 bits per heavy atom. The lowest BCUT2D eigenvalue weighted by Gasteiger charge is -2.21. The normalized spacial score (nSPS) is 15.2. The molecule has 0 aliphatic carbocycles. The van der Waals surface area contributed by atoms with Crippen molar-refractivity contribution in [3.63, 3.8) is 0 Å². The Balaban J connectivity index is 2.77. The van der Waals surface area contributed by atoms with E-state index in [-0.39, 0.29) is 17.9 Å². The maximum Gasteiger partial charge on any atom is 0.156 e. The van der Waals surface area contributed by atoms with Crippen molar-refractivity contribution < 1.29 is 9.94 Å².